The lowest BCUT2D eigenvalue weighted by atomic mass is 10.2. The molecule has 0 spiro atoms. The van der Waals surface area contributed by atoms with Crippen LogP contribution in [-0.2, 0) is 4.79 Å². The van der Waals surface area contributed by atoms with Crippen LogP contribution in [-0.4, -0.2) is 17.5 Å². The summed E-state index contributed by atoms with van der Waals surface area (Å²) in [5, 5.41) is 3.66. The van der Waals surface area contributed by atoms with Gasteiger partial charge in [0.15, 0.2) is 18.2 Å². The van der Waals surface area contributed by atoms with Gasteiger partial charge in [0.05, 0.1) is 10.2 Å². The van der Waals surface area contributed by atoms with Crippen molar-refractivity contribution >= 4 is 33.1 Å². The third kappa shape index (κ3) is 12.7. The summed E-state index contributed by atoms with van der Waals surface area (Å²) in [5.41, 5.74) is 34.1. The lowest BCUT2D eigenvalue weighted by molar-refractivity contribution is -0.118. The molecule has 4 nitrogen and oxygen atoms in total. The van der Waals surface area contributed by atoms with E-state index in [4.69, 9.17) is 4.74 Å². The van der Waals surface area contributed by atoms with Crippen LogP contribution in [0.5, 0.6) is 5.75 Å². The van der Waals surface area contributed by atoms with Crippen LogP contribution in [0.1, 0.15) is 0 Å². The van der Waals surface area contributed by atoms with E-state index in [2.05, 4.69) is 111 Å². The van der Waals surface area contributed by atoms with Crippen molar-refractivity contribution in [1.82, 2.24) is 4.98 Å². The van der Waals surface area contributed by atoms with Crippen LogP contribution in [0.3, 0.4) is 0 Å². The van der Waals surface area contributed by atoms with E-state index < -0.39 is 5.82 Å². The Hall–Kier alpha value is -6.63. The van der Waals surface area contributed by atoms with Gasteiger partial charge < -0.3 is 10.1 Å². The second-order valence-electron chi connectivity index (χ2n) is 7.66. The number of para-hydroxylation sites is 2. The Balaban J connectivity index is 0.000000329. The van der Waals surface area contributed by atoms with Crippen LogP contribution in [0.4, 0.5) is 10.1 Å². The number of hydrogen-bond donors (Lipinski definition) is 1. The van der Waals surface area contributed by atoms with E-state index in [-0.39, 0.29) is 18.3 Å². The van der Waals surface area contributed by atoms with E-state index in [1.165, 1.54) is 12.1 Å². The number of fused-ring (bicyclic) bond motifs is 1. The molecule has 0 aliphatic rings. The summed E-state index contributed by atoms with van der Waals surface area (Å²) in [7, 11) is 0. The van der Waals surface area contributed by atoms with Gasteiger partial charge in [-0.15, -0.1) is 11.3 Å². The number of benzene rings is 3. The highest BCUT2D eigenvalue weighted by atomic mass is 32.1. The number of aromatic nitrogens is 1. The molecule has 6 heteroatoms. The van der Waals surface area contributed by atoms with Crippen molar-refractivity contribution in [2.24, 2.45) is 0 Å². The third-order valence-electron chi connectivity index (χ3n) is 4.70. The smallest absolute Gasteiger partial charge is 0.262 e. The molecule has 0 bridgehead atoms. The number of thiazole rings is 1. The van der Waals surface area contributed by atoms with Gasteiger partial charge in [0, 0.05) is 11.3 Å². The molecule has 1 amide bonds. The Bertz CT molecular complexity index is 2020. The second kappa shape index (κ2) is 20.3. The zero-order chi connectivity index (χ0) is 31.8. The quantitative estimate of drug-likeness (QED) is 0.237. The molecule has 0 saturated carbocycles. The monoisotopic (exact) mass is 590 g/mol. The lowest BCUT2D eigenvalue weighted by Crippen LogP contribution is -2.20. The van der Waals surface area contributed by atoms with Crippen LogP contribution >= 0.6 is 11.3 Å². The van der Waals surface area contributed by atoms with Gasteiger partial charge in [-0.05, 0) is 126 Å². The van der Waals surface area contributed by atoms with Gasteiger partial charge in [-0.25, -0.2) is 9.37 Å². The standard InChI is InChI=1S/C21H15FN2O2S.C10H4.C7H4/c22-16-5-1-3-7-18(16)26-13-20(25)23-15-11-9-14(10-12-15)21-24-17-6-2-4-8-19(17)27-21;1-3-5-7-9-10-8-6-4-2;1-3-5-7-6-4-2/h1-12H,13H2,(H,23,25);1-2H2;1-2H2. The third-order valence-corrected chi connectivity index (χ3v) is 5.78. The Kier molecular flexibility index (Phi) is 15.5. The SMILES string of the molecule is C=C=C=C=C=C=C.C=C=C=C=C=C=C=C=C=C.O=C(COc1ccccc1F)Nc1ccc(-c2nc3ccccc3s2)cc1. The second-order valence-corrected chi connectivity index (χ2v) is 8.69. The van der Waals surface area contributed by atoms with Gasteiger partial charge in [-0.1, -0.05) is 47.2 Å². The number of nitrogens with zero attached hydrogens (tertiary/aromatic N) is 1. The lowest BCUT2D eigenvalue weighted by Gasteiger charge is -2.08. The van der Waals surface area contributed by atoms with Crippen molar-refractivity contribution in [2.75, 3.05) is 11.9 Å². The summed E-state index contributed by atoms with van der Waals surface area (Å²) >= 11 is 1.62. The van der Waals surface area contributed by atoms with Crippen LogP contribution in [0.2, 0.25) is 0 Å². The minimum Gasteiger partial charge on any atom is -0.481 e. The molecule has 4 rings (SSSR count). The fraction of sp³-hybridized carbons (Fsp3) is 0.0263. The predicted molar refractivity (Wildman–Crippen MR) is 174 cm³/mol. The summed E-state index contributed by atoms with van der Waals surface area (Å²) in [6.45, 7) is 12.8. The molecule has 0 atom stereocenters. The number of anilines is 1. The van der Waals surface area contributed by atoms with Gasteiger partial charge in [-0.2, -0.15) is 0 Å². The van der Waals surface area contributed by atoms with Crippen molar-refractivity contribution in [3.05, 3.63) is 179 Å². The van der Waals surface area contributed by atoms with Gasteiger partial charge in [-0.3, -0.25) is 4.79 Å². The molecular weight excluding hydrogens is 567 g/mol. The number of amides is 1. The Morgan fingerprint density at radius 2 is 1.25 bits per heavy atom. The summed E-state index contributed by atoms with van der Waals surface area (Å²) < 4.78 is 19.8. The predicted octanol–water partition coefficient (Wildman–Crippen LogP) is 8.74. The van der Waals surface area contributed by atoms with Crippen molar-refractivity contribution < 1.29 is 13.9 Å². The molecule has 0 aliphatic carbocycles. The molecular formula is C38H23FN2O2S. The fourth-order valence-electron chi connectivity index (χ4n) is 2.93. The highest BCUT2D eigenvalue weighted by Gasteiger charge is 2.09. The minimum absolute atomic E-state index is 0.0545. The highest BCUT2D eigenvalue weighted by Crippen LogP contribution is 2.30. The first kappa shape index (κ1) is 33.6. The van der Waals surface area contributed by atoms with Crippen molar-refractivity contribution in [3.63, 3.8) is 0 Å². The van der Waals surface area contributed by atoms with E-state index in [0.717, 1.165) is 20.8 Å². The average Bonchev–Trinajstić information content (AvgIpc) is 3.48. The minimum atomic E-state index is -0.495. The Morgan fingerprint density at radius 1 is 0.727 bits per heavy atom. The number of hydrogen-bond acceptors (Lipinski definition) is 4. The normalized spacial score (nSPS) is 7.93. The number of carbonyl (C=O) groups excluding carboxylic acids is 1. The number of halogens is 1. The maximum atomic E-state index is 13.5. The maximum absolute atomic E-state index is 13.5. The molecule has 3 aromatic carbocycles. The largest absolute Gasteiger partial charge is 0.481 e. The molecule has 1 heterocycles. The summed E-state index contributed by atoms with van der Waals surface area (Å²) in [6.07, 6.45) is 0. The molecule has 0 aliphatic heterocycles. The Labute approximate surface area is 259 Å². The molecule has 44 heavy (non-hydrogen) atoms. The number of rotatable bonds is 5. The van der Waals surface area contributed by atoms with Crippen molar-refractivity contribution in [3.8, 4) is 16.3 Å². The van der Waals surface area contributed by atoms with Gasteiger partial charge in [0.25, 0.3) is 5.91 Å². The summed E-state index contributed by atoms with van der Waals surface area (Å²) in [6, 6.07) is 21.4. The average molecular weight is 591 g/mol. The van der Waals surface area contributed by atoms with E-state index in [9.17, 15) is 9.18 Å². The van der Waals surface area contributed by atoms with Gasteiger partial charge >= 0.3 is 0 Å². The maximum Gasteiger partial charge on any atom is 0.262 e. The first-order valence-corrected chi connectivity index (χ1v) is 13.3. The highest BCUT2D eigenvalue weighted by molar-refractivity contribution is 7.21. The van der Waals surface area contributed by atoms with Crippen LogP contribution < -0.4 is 10.1 Å². The van der Waals surface area contributed by atoms with Crippen molar-refractivity contribution in [2.45, 2.75) is 0 Å². The van der Waals surface area contributed by atoms with E-state index in [1.54, 1.807) is 23.5 Å². The molecule has 0 radical (unpaired) electrons. The Morgan fingerprint density at radius 3 is 1.82 bits per heavy atom. The summed E-state index contributed by atoms with van der Waals surface area (Å²) in [4.78, 5) is 16.6. The molecule has 0 unspecified atom stereocenters. The first-order chi connectivity index (χ1) is 21.5. The number of carbonyl (C=O) groups is 1. The van der Waals surface area contributed by atoms with Gasteiger partial charge in [0.1, 0.15) is 5.01 Å². The zero-order valence-corrected chi connectivity index (χ0v) is 24.3. The summed E-state index contributed by atoms with van der Waals surface area (Å²) in [5.74, 6) is -0.796. The van der Waals surface area contributed by atoms with Gasteiger partial charge in [0.2, 0.25) is 0 Å². The van der Waals surface area contributed by atoms with E-state index >= 15 is 0 Å². The molecule has 1 N–H and O–H groups in total. The molecule has 0 fully saturated rings. The van der Waals surface area contributed by atoms with Crippen LogP contribution in [0.15, 0.2) is 174 Å². The van der Waals surface area contributed by atoms with Crippen LogP contribution in [0.25, 0.3) is 20.8 Å². The molecule has 1 aromatic heterocycles. The van der Waals surface area contributed by atoms with Crippen molar-refractivity contribution in [1.29, 1.82) is 0 Å². The molecule has 0 saturated heterocycles. The fourth-order valence-corrected chi connectivity index (χ4v) is 3.90. The zero-order valence-electron chi connectivity index (χ0n) is 23.5. The molecule has 4 aromatic rings. The number of ether oxygens (including phenoxy) is 1. The van der Waals surface area contributed by atoms with E-state index in [1.807, 2.05) is 48.5 Å². The topological polar surface area (TPSA) is 51.2 Å². The van der Waals surface area contributed by atoms with Crippen LogP contribution in [0, 0.1) is 5.82 Å². The molecule has 210 valence electrons. The first-order valence-electron chi connectivity index (χ1n) is 12.5. The van der Waals surface area contributed by atoms with E-state index in [0.29, 0.717) is 5.69 Å². The number of nitrogens with one attached hydrogen (secondary N) is 1.